The number of carbonyl (C=O) groups excluding carboxylic acids is 1. The van der Waals surface area contributed by atoms with Crippen LogP contribution in [0.5, 0.6) is 0 Å². The molecule has 1 fully saturated rings. The summed E-state index contributed by atoms with van der Waals surface area (Å²) in [5.41, 5.74) is 1.77. The Balaban J connectivity index is 1.70. The lowest BCUT2D eigenvalue weighted by Gasteiger charge is -2.34. The molecule has 3 aromatic rings. The molecule has 1 atom stereocenters. The number of nitrogens with zero attached hydrogens (tertiary/aromatic N) is 4. The number of hydrogen-bond donors (Lipinski definition) is 1. The number of anilines is 2. The molecule has 0 aliphatic carbocycles. The first-order valence-electron chi connectivity index (χ1n) is 11.3. The third kappa shape index (κ3) is 5.95. The van der Waals surface area contributed by atoms with E-state index in [0.717, 1.165) is 0 Å². The molecule has 10 heteroatoms. The van der Waals surface area contributed by atoms with Gasteiger partial charge in [-0.25, -0.2) is 23.2 Å². The third-order valence-electron chi connectivity index (χ3n) is 5.67. The van der Waals surface area contributed by atoms with Gasteiger partial charge in [0.25, 0.3) is 0 Å². The maximum Gasteiger partial charge on any atom is 0.321 e. The van der Waals surface area contributed by atoms with E-state index in [-0.39, 0.29) is 22.7 Å². The summed E-state index contributed by atoms with van der Waals surface area (Å²) >= 11 is 0. The van der Waals surface area contributed by atoms with Gasteiger partial charge in [-0.3, -0.25) is 0 Å². The zero-order chi connectivity index (χ0) is 25.0. The number of nitrogens with one attached hydrogen (secondary N) is 1. The Morgan fingerprint density at radius 2 is 1.83 bits per heavy atom. The minimum atomic E-state index is -3.59. The summed E-state index contributed by atoms with van der Waals surface area (Å²) in [5.74, 6) is 0.842. The lowest BCUT2D eigenvalue weighted by molar-refractivity contribution is 0.0985. The predicted octanol–water partition coefficient (Wildman–Crippen LogP) is 3.44. The summed E-state index contributed by atoms with van der Waals surface area (Å²) in [6.45, 7) is 3.83. The summed E-state index contributed by atoms with van der Waals surface area (Å²) < 4.78 is 31.7. The monoisotopic (exact) mass is 495 g/mol. The van der Waals surface area contributed by atoms with Crippen molar-refractivity contribution in [2.45, 2.75) is 23.6 Å². The van der Waals surface area contributed by atoms with Gasteiger partial charge in [0.1, 0.15) is 5.82 Å². The molecular weight excluding hydrogens is 466 g/mol. The highest BCUT2D eigenvalue weighted by atomic mass is 32.2. The lowest BCUT2D eigenvalue weighted by atomic mass is 10.2. The minimum absolute atomic E-state index is 0.0914. The van der Waals surface area contributed by atoms with Crippen molar-refractivity contribution in [3.8, 4) is 11.4 Å². The highest BCUT2D eigenvalue weighted by Crippen LogP contribution is 2.26. The first-order valence-corrected chi connectivity index (χ1v) is 13.0. The van der Waals surface area contributed by atoms with Crippen molar-refractivity contribution in [1.82, 2.24) is 14.9 Å². The number of hydrogen-bond acceptors (Lipinski definition) is 7. The van der Waals surface area contributed by atoms with Crippen LogP contribution in [0.15, 0.2) is 65.6 Å². The first-order chi connectivity index (χ1) is 16.7. The lowest BCUT2D eigenvalue weighted by Crippen LogP contribution is -2.44. The van der Waals surface area contributed by atoms with E-state index in [2.05, 4.69) is 15.2 Å². The van der Waals surface area contributed by atoms with Gasteiger partial charge in [0.15, 0.2) is 15.7 Å². The largest absolute Gasteiger partial charge is 0.377 e. The predicted molar refractivity (Wildman–Crippen MR) is 135 cm³/mol. The van der Waals surface area contributed by atoms with E-state index in [0.29, 0.717) is 48.3 Å². The summed E-state index contributed by atoms with van der Waals surface area (Å²) in [4.78, 5) is 25.1. The fraction of sp³-hybridized carbons (Fsp3) is 0.320. The second-order valence-electron chi connectivity index (χ2n) is 8.63. The van der Waals surface area contributed by atoms with Crippen LogP contribution in [0.2, 0.25) is 0 Å². The topological polar surface area (TPSA) is 105 Å². The number of morpholine rings is 1. The summed E-state index contributed by atoms with van der Waals surface area (Å²) in [6.07, 6.45) is 0. The number of ether oxygens (including phenoxy) is 1. The average molecular weight is 496 g/mol. The molecule has 184 valence electrons. The van der Waals surface area contributed by atoms with Crippen LogP contribution in [-0.4, -0.2) is 69.2 Å². The van der Waals surface area contributed by atoms with E-state index in [1.54, 1.807) is 62.6 Å². The normalized spacial score (nSPS) is 16.1. The van der Waals surface area contributed by atoms with Crippen LogP contribution >= 0.6 is 0 Å². The summed E-state index contributed by atoms with van der Waals surface area (Å²) in [6, 6.07) is 17.1. The van der Waals surface area contributed by atoms with E-state index >= 15 is 0 Å². The van der Waals surface area contributed by atoms with Crippen LogP contribution in [0.3, 0.4) is 0 Å². The van der Waals surface area contributed by atoms with Gasteiger partial charge in [-0.05, 0) is 43.3 Å². The second kappa shape index (κ2) is 10.4. The van der Waals surface area contributed by atoms with Crippen LogP contribution in [0.1, 0.15) is 12.6 Å². The molecule has 1 aliphatic heterocycles. The maximum absolute atomic E-state index is 13.1. The number of rotatable bonds is 6. The van der Waals surface area contributed by atoms with Crippen molar-refractivity contribution in [2.24, 2.45) is 0 Å². The van der Waals surface area contributed by atoms with E-state index in [1.807, 2.05) is 19.1 Å². The molecule has 4 rings (SSSR count). The highest BCUT2D eigenvalue weighted by molar-refractivity contribution is 7.90. The smallest absolute Gasteiger partial charge is 0.321 e. The van der Waals surface area contributed by atoms with E-state index in [9.17, 15) is 13.2 Å². The molecule has 0 spiro atoms. The van der Waals surface area contributed by atoms with Gasteiger partial charge in [-0.15, -0.1) is 0 Å². The van der Waals surface area contributed by atoms with Crippen LogP contribution in [0, 0.1) is 0 Å². The van der Waals surface area contributed by atoms with E-state index in [4.69, 9.17) is 9.72 Å². The van der Waals surface area contributed by atoms with Crippen LogP contribution < -0.4 is 10.2 Å². The number of benzene rings is 2. The van der Waals surface area contributed by atoms with Gasteiger partial charge in [0.05, 0.1) is 35.6 Å². The average Bonchev–Trinajstić information content (AvgIpc) is 2.85. The van der Waals surface area contributed by atoms with Gasteiger partial charge in [-0.1, -0.05) is 18.2 Å². The zero-order valence-electron chi connectivity index (χ0n) is 20.0. The highest BCUT2D eigenvalue weighted by Gasteiger charge is 2.24. The SMILES string of the molecule is C[C@@H]1COCCN1c1cc(CS(=O)(=O)c2ccccc2)nc(-c2ccc(NC(=O)N(C)C)cc2)n1. The standard InChI is InChI=1S/C25H29N5O4S/c1-18-16-34-14-13-30(18)23-15-21(17-35(32,33)22-7-5-4-6-8-22)26-24(28-23)19-9-11-20(12-10-19)27-25(31)29(2)3/h4-12,15,18H,13-14,16-17H2,1-3H3,(H,27,31)/t18-/m1/s1. The molecule has 1 N–H and O–H groups in total. The minimum Gasteiger partial charge on any atom is -0.377 e. The zero-order valence-corrected chi connectivity index (χ0v) is 20.8. The van der Waals surface area contributed by atoms with Crippen molar-refractivity contribution < 1.29 is 17.9 Å². The molecule has 35 heavy (non-hydrogen) atoms. The molecule has 1 aliphatic rings. The fourth-order valence-electron chi connectivity index (χ4n) is 3.74. The Labute approximate surface area is 205 Å². The van der Waals surface area contributed by atoms with Gasteiger partial charge < -0.3 is 19.9 Å². The number of aromatic nitrogens is 2. The Morgan fingerprint density at radius 3 is 2.49 bits per heavy atom. The molecule has 1 aromatic heterocycles. The number of amides is 2. The Bertz CT molecular complexity index is 1280. The Morgan fingerprint density at radius 1 is 1.11 bits per heavy atom. The van der Waals surface area contributed by atoms with Gasteiger partial charge >= 0.3 is 6.03 Å². The van der Waals surface area contributed by atoms with Crippen molar-refractivity contribution >= 4 is 27.4 Å². The second-order valence-corrected chi connectivity index (χ2v) is 10.6. The molecule has 1 saturated heterocycles. The molecule has 0 bridgehead atoms. The number of urea groups is 1. The first kappa shape index (κ1) is 24.6. The summed E-state index contributed by atoms with van der Waals surface area (Å²) in [5, 5.41) is 2.79. The molecule has 0 radical (unpaired) electrons. The summed E-state index contributed by atoms with van der Waals surface area (Å²) in [7, 11) is -0.253. The van der Waals surface area contributed by atoms with Crippen molar-refractivity contribution in [3.05, 3.63) is 66.4 Å². The van der Waals surface area contributed by atoms with Crippen molar-refractivity contribution in [1.29, 1.82) is 0 Å². The molecule has 2 amide bonds. The molecule has 2 heterocycles. The van der Waals surface area contributed by atoms with Gasteiger partial charge in [-0.2, -0.15) is 0 Å². The van der Waals surface area contributed by atoms with Crippen molar-refractivity contribution in [3.63, 3.8) is 0 Å². The maximum atomic E-state index is 13.1. The number of carbonyl (C=O) groups is 1. The Hall–Kier alpha value is -3.50. The van der Waals surface area contributed by atoms with Gasteiger partial charge in [0.2, 0.25) is 0 Å². The van der Waals surface area contributed by atoms with Crippen molar-refractivity contribution in [2.75, 3.05) is 44.1 Å². The Kier molecular flexibility index (Phi) is 7.32. The van der Waals surface area contributed by atoms with E-state index < -0.39 is 9.84 Å². The molecule has 0 unspecified atom stereocenters. The van der Waals surface area contributed by atoms with Gasteiger partial charge in [0, 0.05) is 38.0 Å². The molecule has 9 nitrogen and oxygen atoms in total. The van der Waals surface area contributed by atoms with E-state index in [1.165, 1.54) is 4.90 Å². The molecule has 0 saturated carbocycles. The van der Waals surface area contributed by atoms with Crippen LogP contribution in [0.25, 0.3) is 11.4 Å². The molecular formula is C25H29N5O4S. The quantitative estimate of drug-likeness (QED) is 0.559. The molecule has 2 aromatic carbocycles. The van der Waals surface area contributed by atoms with Crippen LogP contribution in [0.4, 0.5) is 16.3 Å². The fourth-order valence-corrected chi connectivity index (χ4v) is 5.02. The number of sulfone groups is 1. The van der Waals surface area contributed by atoms with Crippen LogP contribution in [-0.2, 0) is 20.3 Å². The third-order valence-corrected chi connectivity index (χ3v) is 7.33.